The molecule has 0 aliphatic rings. The first-order valence-corrected chi connectivity index (χ1v) is 6.11. The second-order valence-corrected chi connectivity index (χ2v) is 4.34. The minimum absolute atomic E-state index is 0.267. The number of rotatable bonds is 4. The van der Waals surface area contributed by atoms with Crippen molar-refractivity contribution in [2.45, 2.75) is 6.67 Å². The molecule has 3 aromatic rings. The van der Waals surface area contributed by atoms with Crippen molar-refractivity contribution in [1.29, 1.82) is 0 Å². The van der Waals surface area contributed by atoms with Crippen molar-refractivity contribution in [3.63, 3.8) is 0 Å². The van der Waals surface area contributed by atoms with Gasteiger partial charge in [-0.05, 0) is 24.3 Å². The molecule has 21 heavy (non-hydrogen) atoms. The molecule has 0 unspecified atom stereocenters. The van der Waals surface area contributed by atoms with Gasteiger partial charge in [-0.25, -0.2) is 4.68 Å². The summed E-state index contributed by atoms with van der Waals surface area (Å²) in [4.78, 5) is 9.93. The molecule has 1 heterocycles. The number of benzene rings is 2. The van der Waals surface area contributed by atoms with Crippen LogP contribution in [-0.2, 0) is 6.67 Å². The van der Waals surface area contributed by atoms with Gasteiger partial charge in [0.15, 0.2) is 0 Å². The molecule has 1 aromatic heterocycles. The third-order valence-corrected chi connectivity index (χ3v) is 3.00. The highest BCUT2D eigenvalue weighted by atomic mass is 19.1. The summed E-state index contributed by atoms with van der Waals surface area (Å²) in [6.07, 6.45) is 0. The number of aromatic nitrogens is 3. The first-order valence-electron chi connectivity index (χ1n) is 6.11. The van der Waals surface area contributed by atoms with E-state index in [1.807, 2.05) is 24.3 Å². The van der Waals surface area contributed by atoms with E-state index in [0.29, 0.717) is 5.69 Å². The third kappa shape index (κ3) is 2.50. The summed E-state index contributed by atoms with van der Waals surface area (Å²) in [5, 5.41) is 21.6. The van der Waals surface area contributed by atoms with Crippen molar-refractivity contribution in [2.75, 3.05) is 5.32 Å². The van der Waals surface area contributed by atoms with E-state index in [-0.39, 0.29) is 6.67 Å². The van der Waals surface area contributed by atoms with E-state index in [0.717, 1.165) is 23.2 Å². The number of para-hydroxylation sites is 1. The first-order chi connectivity index (χ1) is 10.1. The smallest absolute Gasteiger partial charge is 0.306 e. The maximum absolute atomic E-state index is 13.2. The van der Waals surface area contributed by atoms with Crippen LogP contribution in [0.1, 0.15) is 0 Å². The molecule has 3 rings (SSSR count). The molecular weight excluding hydrogens is 277 g/mol. The molecule has 0 bridgehead atoms. The largest absolute Gasteiger partial charge is 0.366 e. The first kappa shape index (κ1) is 13.0. The average Bonchev–Trinajstić information content (AvgIpc) is 2.89. The number of hydrogen-bond acceptors (Lipinski definition) is 5. The number of hydrogen-bond donors (Lipinski definition) is 1. The fourth-order valence-corrected chi connectivity index (χ4v) is 1.96. The van der Waals surface area contributed by atoms with Crippen molar-refractivity contribution in [3.05, 3.63) is 58.4 Å². The zero-order chi connectivity index (χ0) is 14.8. The minimum atomic E-state index is -0.864. The van der Waals surface area contributed by atoms with Crippen LogP contribution in [0.2, 0.25) is 0 Å². The molecule has 0 fully saturated rings. The molecule has 106 valence electrons. The van der Waals surface area contributed by atoms with Crippen molar-refractivity contribution in [3.8, 4) is 0 Å². The molecule has 0 radical (unpaired) electrons. The molecule has 2 aromatic carbocycles. The second kappa shape index (κ2) is 5.16. The highest BCUT2D eigenvalue weighted by Crippen LogP contribution is 2.21. The van der Waals surface area contributed by atoms with Crippen LogP contribution < -0.4 is 5.32 Å². The lowest BCUT2D eigenvalue weighted by Crippen LogP contribution is -2.09. The van der Waals surface area contributed by atoms with E-state index in [1.54, 1.807) is 4.68 Å². The number of nitro groups is 1. The Morgan fingerprint density at radius 3 is 2.90 bits per heavy atom. The summed E-state index contributed by atoms with van der Waals surface area (Å²) in [7, 11) is 0. The number of nitro benzene ring substituents is 1. The summed E-state index contributed by atoms with van der Waals surface area (Å²) in [5.41, 5.74) is 1.46. The molecule has 0 saturated carbocycles. The second-order valence-electron chi connectivity index (χ2n) is 4.34. The quantitative estimate of drug-likeness (QED) is 0.588. The lowest BCUT2D eigenvalue weighted by molar-refractivity contribution is -0.387. The van der Waals surface area contributed by atoms with Gasteiger partial charge >= 0.3 is 5.69 Å². The zero-order valence-corrected chi connectivity index (χ0v) is 10.7. The molecule has 0 spiro atoms. The molecule has 0 saturated heterocycles. The lowest BCUT2D eigenvalue weighted by atomic mass is 10.2. The Morgan fingerprint density at radius 1 is 1.29 bits per heavy atom. The van der Waals surface area contributed by atoms with Crippen molar-refractivity contribution >= 4 is 22.4 Å². The van der Waals surface area contributed by atoms with Crippen LogP contribution >= 0.6 is 0 Å². The Morgan fingerprint density at radius 2 is 2.10 bits per heavy atom. The van der Waals surface area contributed by atoms with Crippen molar-refractivity contribution < 1.29 is 9.31 Å². The Labute approximate surface area is 118 Å². The van der Waals surface area contributed by atoms with E-state index in [4.69, 9.17) is 0 Å². The summed E-state index contributed by atoms with van der Waals surface area (Å²) in [5.74, 6) is -0.864. The highest BCUT2D eigenvalue weighted by Gasteiger charge is 2.14. The van der Waals surface area contributed by atoms with Crippen LogP contribution in [0.5, 0.6) is 0 Å². The number of nitrogens with zero attached hydrogens (tertiary/aromatic N) is 4. The Balaban J connectivity index is 1.82. The SMILES string of the molecule is O=[N+]([O-])c1cc(NCn2nnc3ccccc32)ccc1F. The van der Waals surface area contributed by atoms with Crippen LogP contribution in [-0.4, -0.2) is 19.9 Å². The number of nitrogens with one attached hydrogen (secondary N) is 1. The number of halogens is 1. The van der Waals surface area contributed by atoms with Crippen LogP contribution in [0.4, 0.5) is 15.8 Å². The van der Waals surface area contributed by atoms with E-state index in [9.17, 15) is 14.5 Å². The van der Waals surface area contributed by atoms with Crippen LogP contribution in [0, 0.1) is 15.9 Å². The van der Waals surface area contributed by atoms with Gasteiger partial charge in [-0.1, -0.05) is 17.3 Å². The van der Waals surface area contributed by atoms with E-state index in [2.05, 4.69) is 15.6 Å². The molecule has 1 N–H and O–H groups in total. The fraction of sp³-hybridized carbons (Fsp3) is 0.0769. The van der Waals surface area contributed by atoms with E-state index in [1.165, 1.54) is 6.07 Å². The molecule has 0 aliphatic carbocycles. The summed E-state index contributed by atoms with van der Waals surface area (Å²) in [6, 6.07) is 11.1. The van der Waals surface area contributed by atoms with Gasteiger partial charge in [0, 0.05) is 11.8 Å². The average molecular weight is 287 g/mol. The molecule has 0 atom stereocenters. The summed E-state index contributed by atoms with van der Waals surface area (Å²) >= 11 is 0. The standard InChI is InChI=1S/C13H10FN5O2/c14-10-6-5-9(7-13(10)19(20)21)15-8-18-12-4-2-1-3-11(12)16-17-18/h1-7,15H,8H2. The lowest BCUT2D eigenvalue weighted by Gasteiger charge is -2.07. The topological polar surface area (TPSA) is 85.9 Å². The highest BCUT2D eigenvalue weighted by molar-refractivity contribution is 5.73. The van der Waals surface area contributed by atoms with Gasteiger partial charge in [0.2, 0.25) is 5.82 Å². The third-order valence-electron chi connectivity index (χ3n) is 3.00. The van der Waals surface area contributed by atoms with Crippen molar-refractivity contribution in [2.24, 2.45) is 0 Å². The molecule has 8 heteroatoms. The van der Waals surface area contributed by atoms with Crippen molar-refractivity contribution in [1.82, 2.24) is 15.0 Å². The Bertz CT molecular complexity index is 817. The van der Waals surface area contributed by atoms with Gasteiger partial charge in [-0.2, -0.15) is 4.39 Å². The van der Waals surface area contributed by atoms with Gasteiger partial charge in [0.05, 0.1) is 10.4 Å². The van der Waals surface area contributed by atoms with Crippen LogP contribution in [0.25, 0.3) is 11.0 Å². The molecule has 0 amide bonds. The zero-order valence-electron chi connectivity index (χ0n) is 10.7. The normalized spacial score (nSPS) is 10.7. The Kier molecular flexibility index (Phi) is 3.19. The van der Waals surface area contributed by atoms with Gasteiger partial charge in [0.25, 0.3) is 0 Å². The van der Waals surface area contributed by atoms with Gasteiger partial charge in [0.1, 0.15) is 12.2 Å². The predicted molar refractivity (Wildman–Crippen MR) is 74.2 cm³/mol. The predicted octanol–water partition coefficient (Wildman–Crippen LogP) is 2.55. The van der Waals surface area contributed by atoms with Gasteiger partial charge in [-0.15, -0.1) is 5.10 Å². The van der Waals surface area contributed by atoms with Gasteiger partial charge < -0.3 is 5.32 Å². The Hall–Kier alpha value is -3.03. The van der Waals surface area contributed by atoms with Crippen LogP contribution in [0.15, 0.2) is 42.5 Å². The molecular formula is C13H10FN5O2. The number of fused-ring (bicyclic) bond motifs is 1. The maximum atomic E-state index is 13.2. The van der Waals surface area contributed by atoms with E-state index < -0.39 is 16.4 Å². The molecule has 0 aliphatic heterocycles. The van der Waals surface area contributed by atoms with E-state index >= 15 is 0 Å². The maximum Gasteiger partial charge on any atom is 0.306 e. The summed E-state index contributed by atoms with van der Waals surface area (Å²) < 4.78 is 14.9. The molecule has 7 nitrogen and oxygen atoms in total. The fourth-order valence-electron chi connectivity index (χ4n) is 1.96. The number of anilines is 1. The minimum Gasteiger partial charge on any atom is -0.366 e. The monoisotopic (exact) mass is 287 g/mol. The summed E-state index contributed by atoms with van der Waals surface area (Å²) in [6.45, 7) is 0.267. The van der Waals surface area contributed by atoms with Gasteiger partial charge in [-0.3, -0.25) is 10.1 Å². The van der Waals surface area contributed by atoms with Crippen LogP contribution in [0.3, 0.4) is 0 Å².